The zero-order chi connectivity index (χ0) is 14.2. The molecular weight excluding hydrogens is 244 g/mol. The van der Waals surface area contributed by atoms with Crippen LogP contribution < -0.4 is 0 Å². The van der Waals surface area contributed by atoms with Gasteiger partial charge in [0.2, 0.25) is 0 Å². The van der Waals surface area contributed by atoms with Gasteiger partial charge >= 0.3 is 5.97 Å². The first kappa shape index (κ1) is 13.3. The third-order valence-corrected chi connectivity index (χ3v) is 3.42. The van der Waals surface area contributed by atoms with Crippen molar-refractivity contribution in [2.24, 2.45) is 0 Å². The molecule has 0 unspecified atom stereocenters. The first-order chi connectivity index (χ1) is 8.89. The molecule has 1 spiro atoms. The number of allylic oxidation sites excluding steroid dienone is 3. The fraction of sp³-hybridized carbons (Fsp3) is 0.333. The van der Waals surface area contributed by atoms with Crippen molar-refractivity contribution in [3.05, 3.63) is 46.8 Å². The van der Waals surface area contributed by atoms with Crippen molar-refractivity contribution in [3.8, 4) is 0 Å². The van der Waals surface area contributed by atoms with E-state index >= 15 is 0 Å². The Balaban J connectivity index is 2.28. The maximum absolute atomic E-state index is 11.4. The molecule has 0 radical (unpaired) electrons. The molecule has 2 aliphatic rings. The standard InChI is InChI=1S/C15H16O4/c1-9(5-14(17)18-4)13-8-15(19-13)10(2)6-12(16)7-11(15)3/h5-8H,1-4H3/b9-5-. The van der Waals surface area contributed by atoms with Crippen LogP contribution in [0.5, 0.6) is 0 Å². The van der Waals surface area contributed by atoms with E-state index in [2.05, 4.69) is 4.74 Å². The summed E-state index contributed by atoms with van der Waals surface area (Å²) in [5.74, 6) is 0.203. The van der Waals surface area contributed by atoms with E-state index in [1.165, 1.54) is 13.2 Å². The minimum absolute atomic E-state index is 0.0205. The monoisotopic (exact) mass is 260 g/mol. The summed E-state index contributed by atoms with van der Waals surface area (Å²) in [5.41, 5.74) is 1.79. The summed E-state index contributed by atoms with van der Waals surface area (Å²) in [6.07, 6.45) is 6.44. The summed E-state index contributed by atoms with van der Waals surface area (Å²) >= 11 is 0. The van der Waals surface area contributed by atoms with Crippen molar-refractivity contribution in [1.82, 2.24) is 0 Å². The lowest BCUT2D eigenvalue weighted by Crippen LogP contribution is -2.42. The van der Waals surface area contributed by atoms with Gasteiger partial charge in [-0.3, -0.25) is 4.79 Å². The number of ether oxygens (including phenoxy) is 2. The van der Waals surface area contributed by atoms with Crippen molar-refractivity contribution in [1.29, 1.82) is 0 Å². The van der Waals surface area contributed by atoms with Gasteiger partial charge in [0, 0.05) is 12.2 Å². The van der Waals surface area contributed by atoms with Crippen molar-refractivity contribution >= 4 is 11.8 Å². The highest BCUT2D eigenvalue weighted by Crippen LogP contribution is 2.45. The third-order valence-electron chi connectivity index (χ3n) is 3.42. The molecule has 0 amide bonds. The smallest absolute Gasteiger partial charge is 0.330 e. The second-order valence-electron chi connectivity index (χ2n) is 4.75. The van der Waals surface area contributed by atoms with Crippen LogP contribution in [0.15, 0.2) is 46.8 Å². The second kappa shape index (κ2) is 4.53. The van der Waals surface area contributed by atoms with E-state index in [9.17, 15) is 9.59 Å². The topological polar surface area (TPSA) is 52.6 Å². The summed E-state index contributed by atoms with van der Waals surface area (Å²) in [5, 5.41) is 0. The molecule has 0 aromatic heterocycles. The average Bonchev–Trinajstić information content (AvgIpc) is 2.25. The van der Waals surface area contributed by atoms with Gasteiger partial charge in [-0.1, -0.05) is 0 Å². The summed E-state index contributed by atoms with van der Waals surface area (Å²) in [6, 6.07) is 0. The Morgan fingerprint density at radius 3 is 2.32 bits per heavy atom. The Labute approximate surface area is 112 Å². The normalized spacial score (nSPS) is 20.9. The largest absolute Gasteiger partial charge is 0.474 e. The molecule has 0 N–H and O–H groups in total. The van der Waals surface area contributed by atoms with Crippen molar-refractivity contribution in [2.75, 3.05) is 7.11 Å². The van der Waals surface area contributed by atoms with Crippen LogP contribution in [0.25, 0.3) is 0 Å². The van der Waals surface area contributed by atoms with Crippen LogP contribution in [0.4, 0.5) is 0 Å². The molecule has 4 heteroatoms. The Morgan fingerprint density at radius 2 is 1.84 bits per heavy atom. The van der Waals surface area contributed by atoms with Crippen LogP contribution >= 0.6 is 0 Å². The lowest BCUT2D eigenvalue weighted by Gasteiger charge is -2.43. The van der Waals surface area contributed by atoms with Crippen molar-refractivity contribution < 1.29 is 19.1 Å². The number of hydrogen-bond donors (Lipinski definition) is 0. The van der Waals surface area contributed by atoms with E-state index in [1.807, 2.05) is 19.9 Å². The second-order valence-corrected chi connectivity index (χ2v) is 4.75. The van der Waals surface area contributed by atoms with E-state index in [1.54, 1.807) is 19.1 Å². The quantitative estimate of drug-likeness (QED) is 0.564. The van der Waals surface area contributed by atoms with Crippen LogP contribution in [0.3, 0.4) is 0 Å². The van der Waals surface area contributed by atoms with Gasteiger partial charge in [-0.15, -0.1) is 0 Å². The van der Waals surface area contributed by atoms with E-state index in [0.29, 0.717) is 11.3 Å². The van der Waals surface area contributed by atoms with Gasteiger partial charge < -0.3 is 9.47 Å². The Morgan fingerprint density at radius 1 is 1.32 bits per heavy atom. The molecule has 4 nitrogen and oxygen atoms in total. The number of esters is 1. The molecule has 1 heterocycles. The molecule has 0 atom stereocenters. The fourth-order valence-electron chi connectivity index (χ4n) is 2.24. The Hall–Kier alpha value is -2.10. The summed E-state index contributed by atoms with van der Waals surface area (Å²) < 4.78 is 10.4. The maximum atomic E-state index is 11.4. The fourth-order valence-corrected chi connectivity index (χ4v) is 2.24. The van der Waals surface area contributed by atoms with Crippen LogP contribution in [0.1, 0.15) is 20.8 Å². The first-order valence-corrected chi connectivity index (χ1v) is 5.99. The number of carbonyl (C=O) groups excluding carboxylic acids is 2. The van der Waals surface area contributed by atoms with E-state index in [0.717, 1.165) is 11.1 Å². The predicted octanol–water partition coefficient (Wildman–Crippen LogP) is 2.23. The molecular formula is C15H16O4. The Bertz CT molecular complexity index is 551. The highest BCUT2D eigenvalue weighted by Gasteiger charge is 2.44. The molecule has 2 rings (SSSR count). The highest BCUT2D eigenvalue weighted by molar-refractivity contribution is 6.02. The first-order valence-electron chi connectivity index (χ1n) is 5.99. The van der Waals surface area contributed by atoms with Crippen molar-refractivity contribution in [2.45, 2.75) is 26.4 Å². The van der Waals surface area contributed by atoms with E-state index in [-0.39, 0.29) is 5.78 Å². The molecule has 0 aromatic rings. The zero-order valence-corrected chi connectivity index (χ0v) is 11.4. The molecule has 0 fully saturated rings. The van der Waals surface area contributed by atoms with Gasteiger partial charge in [0.05, 0.1) is 7.11 Å². The van der Waals surface area contributed by atoms with Crippen LogP contribution in [-0.2, 0) is 19.1 Å². The number of methoxy groups -OCH3 is 1. The zero-order valence-electron chi connectivity index (χ0n) is 11.4. The minimum Gasteiger partial charge on any atom is -0.474 e. The molecule has 0 saturated heterocycles. The maximum Gasteiger partial charge on any atom is 0.330 e. The number of hydrogen-bond acceptors (Lipinski definition) is 4. The third kappa shape index (κ3) is 2.14. The van der Waals surface area contributed by atoms with Crippen LogP contribution in [-0.4, -0.2) is 24.5 Å². The molecule has 1 aliphatic carbocycles. The average molecular weight is 260 g/mol. The van der Waals surface area contributed by atoms with E-state index in [4.69, 9.17) is 4.74 Å². The number of carbonyl (C=O) groups is 2. The minimum atomic E-state index is -0.617. The predicted molar refractivity (Wildman–Crippen MR) is 70.2 cm³/mol. The molecule has 0 bridgehead atoms. The Kier molecular flexibility index (Phi) is 3.18. The van der Waals surface area contributed by atoms with Gasteiger partial charge in [-0.05, 0) is 49.6 Å². The summed E-state index contributed by atoms with van der Waals surface area (Å²) in [4.78, 5) is 22.6. The summed E-state index contributed by atoms with van der Waals surface area (Å²) in [6.45, 7) is 5.50. The highest BCUT2D eigenvalue weighted by atomic mass is 16.5. The molecule has 0 saturated carbocycles. The van der Waals surface area contributed by atoms with Gasteiger partial charge in [-0.25, -0.2) is 4.79 Å². The van der Waals surface area contributed by atoms with Gasteiger partial charge in [0.1, 0.15) is 5.76 Å². The van der Waals surface area contributed by atoms with Gasteiger partial charge in [0.25, 0.3) is 0 Å². The number of ketones is 1. The van der Waals surface area contributed by atoms with Crippen molar-refractivity contribution in [3.63, 3.8) is 0 Å². The summed E-state index contributed by atoms with van der Waals surface area (Å²) in [7, 11) is 1.33. The SMILES string of the molecule is COC(=O)/C=C(/C)C1=CC2(O1)C(C)=CC(=O)C=C2C. The molecule has 19 heavy (non-hydrogen) atoms. The van der Waals surface area contributed by atoms with E-state index < -0.39 is 11.6 Å². The van der Waals surface area contributed by atoms with Gasteiger partial charge in [0.15, 0.2) is 11.4 Å². The van der Waals surface area contributed by atoms with Gasteiger partial charge in [-0.2, -0.15) is 0 Å². The number of rotatable bonds is 2. The molecule has 0 aromatic carbocycles. The lowest BCUT2D eigenvalue weighted by atomic mass is 9.78. The molecule has 1 aliphatic heterocycles. The lowest BCUT2D eigenvalue weighted by molar-refractivity contribution is -0.134. The molecule has 100 valence electrons. The van der Waals surface area contributed by atoms with Crippen LogP contribution in [0.2, 0.25) is 0 Å². The van der Waals surface area contributed by atoms with Crippen LogP contribution in [0, 0.1) is 0 Å².